The third-order valence-corrected chi connectivity index (χ3v) is 4.40. The molecule has 0 radical (unpaired) electrons. The van der Waals surface area contributed by atoms with E-state index < -0.39 is 17.9 Å². The predicted octanol–water partition coefficient (Wildman–Crippen LogP) is 1.33. The molecule has 3 amide bonds. The number of amides is 3. The molecular weight excluding hydrogens is 409 g/mol. The molecule has 0 fully saturated rings. The quantitative estimate of drug-likeness (QED) is 0.477. The van der Waals surface area contributed by atoms with Gasteiger partial charge in [0.15, 0.2) is 12.0 Å². The van der Waals surface area contributed by atoms with Crippen molar-refractivity contribution in [3.05, 3.63) is 90.3 Å². The van der Waals surface area contributed by atoms with Crippen molar-refractivity contribution in [3.8, 4) is 0 Å². The number of urea groups is 1. The summed E-state index contributed by atoms with van der Waals surface area (Å²) in [4.78, 5) is 42.0. The van der Waals surface area contributed by atoms with E-state index in [9.17, 15) is 14.4 Å². The largest absolute Gasteiger partial charge is 1.00 e. The Morgan fingerprint density at radius 1 is 0.903 bits per heavy atom. The third-order valence-electron chi connectivity index (χ3n) is 4.40. The molecule has 9 heteroatoms. The summed E-state index contributed by atoms with van der Waals surface area (Å²) in [5.41, 5.74) is 2.27. The molecule has 0 unspecified atom stereocenters. The number of aromatic nitrogens is 1. The Morgan fingerprint density at radius 3 is 2.23 bits per heavy atom. The van der Waals surface area contributed by atoms with Crippen LogP contribution in [0.3, 0.4) is 0 Å². The minimum Gasteiger partial charge on any atom is -1.00 e. The zero-order chi connectivity index (χ0) is 21.1. The molecule has 31 heavy (non-hydrogen) atoms. The van der Waals surface area contributed by atoms with Gasteiger partial charge < -0.3 is 11.0 Å². The van der Waals surface area contributed by atoms with Gasteiger partial charge in [0.05, 0.1) is 16.9 Å². The number of imide groups is 1. The van der Waals surface area contributed by atoms with Gasteiger partial charge in [-0.15, -0.1) is 0 Å². The number of carbonyl (C=O) groups is 3. The molecule has 0 bridgehead atoms. The summed E-state index contributed by atoms with van der Waals surface area (Å²) < 4.78 is 5.20. The van der Waals surface area contributed by atoms with Gasteiger partial charge in [0, 0.05) is 5.56 Å². The van der Waals surface area contributed by atoms with E-state index in [0.717, 1.165) is 0 Å². The van der Waals surface area contributed by atoms with Crippen LogP contribution >= 0.6 is 0 Å². The second-order valence-electron chi connectivity index (χ2n) is 6.32. The molecule has 0 spiro atoms. The van der Waals surface area contributed by atoms with E-state index in [2.05, 4.69) is 10.3 Å². The molecule has 8 nitrogen and oxygen atoms in total. The molecule has 1 aromatic heterocycles. The fraction of sp³-hybridized carbons (Fsp3) is 0. The van der Waals surface area contributed by atoms with Crippen LogP contribution in [0.25, 0.3) is 11.1 Å². The average molecular weight is 425 g/mol. The van der Waals surface area contributed by atoms with Crippen molar-refractivity contribution in [2.75, 3.05) is 4.90 Å². The normalized spacial score (nSPS) is 10.2. The molecule has 3 aromatic carbocycles. The van der Waals surface area contributed by atoms with Crippen LogP contribution in [-0.2, 0) is 0 Å². The summed E-state index contributed by atoms with van der Waals surface area (Å²) in [6.07, 6.45) is 1.27. The molecule has 0 saturated heterocycles. The van der Waals surface area contributed by atoms with Gasteiger partial charge in [-0.1, -0.05) is 18.2 Å². The Balaban J connectivity index is 0.00000181. The number of oxazole rings is 1. The van der Waals surface area contributed by atoms with Crippen LogP contribution in [0.15, 0.2) is 83.6 Å². The third kappa shape index (κ3) is 4.83. The molecule has 0 aliphatic rings. The molecule has 4 aromatic rings. The van der Waals surface area contributed by atoms with Gasteiger partial charge in [0.2, 0.25) is 0 Å². The maximum atomic E-state index is 13.0. The average Bonchev–Trinajstić information content (AvgIpc) is 3.23. The van der Waals surface area contributed by atoms with Crippen molar-refractivity contribution in [2.24, 2.45) is 0 Å². The number of aromatic carboxylic acids is 1. The number of nitrogens with one attached hydrogen (secondary N) is 1. The number of carboxylic acids is 1. The molecule has 0 aliphatic carbocycles. The van der Waals surface area contributed by atoms with Crippen molar-refractivity contribution in [1.82, 2.24) is 10.3 Å². The van der Waals surface area contributed by atoms with Gasteiger partial charge in [-0.2, -0.15) is 0 Å². The van der Waals surface area contributed by atoms with E-state index in [4.69, 9.17) is 9.52 Å². The fourth-order valence-corrected chi connectivity index (χ4v) is 2.94. The summed E-state index contributed by atoms with van der Waals surface area (Å²) in [6, 6.07) is 18.5. The minimum atomic E-state index is -1.07. The number of benzene rings is 3. The number of carboxylic acid groups (broad SMARTS) is 1. The summed E-state index contributed by atoms with van der Waals surface area (Å²) in [5.74, 6) is -1.68. The van der Waals surface area contributed by atoms with Crippen LogP contribution in [0.2, 0.25) is 0 Å². The smallest absolute Gasteiger partial charge is 1.00 e. The number of nitrogens with zero attached hydrogens (tertiary/aromatic N) is 2. The first kappa shape index (κ1) is 22.2. The maximum Gasteiger partial charge on any atom is 1.00 e. The van der Waals surface area contributed by atoms with Gasteiger partial charge in [0.1, 0.15) is 5.52 Å². The van der Waals surface area contributed by atoms with Gasteiger partial charge in [0.25, 0.3) is 5.91 Å². The summed E-state index contributed by atoms with van der Waals surface area (Å²) in [7, 11) is 0. The van der Waals surface area contributed by atoms with Crippen molar-refractivity contribution < 1.29 is 54.9 Å². The van der Waals surface area contributed by atoms with Crippen LogP contribution in [0.5, 0.6) is 0 Å². The zero-order valence-corrected chi connectivity index (χ0v) is 18.5. The standard InChI is InChI=1S/C22H15N3O5.Na.H/c26-20(15-8-11-18-19(12-15)30-13-23-18)24-22(29)25(16-4-2-1-3-5-16)17-9-6-14(7-10-17)21(27)28;;/h1-13H,(H,27,28)(H,24,26,29);;/q;+1;-1. The van der Waals surface area contributed by atoms with Crippen LogP contribution in [-0.4, -0.2) is 28.0 Å². The van der Waals surface area contributed by atoms with E-state index in [-0.39, 0.29) is 42.1 Å². The Morgan fingerprint density at radius 2 is 1.55 bits per heavy atom. The predicted molar refractivity (Wildman–Crippen MR) is 110 cm³/mol. The number of carbonyl (C=O) groups excluding carboxylic acids is 2. The van der Waals surface area contributed by atoms with E-state index in [1.54, 1.807) is 42.5 Å². The van der Waals surface area contributed by atoms with Crippen LogP contribution in [0.4, 0.5) is 16.2 Å². The maximum absolute atomic E-state index is 13.0. The Labute approximate surface area is 200 Å². The number of anilines is 2. The molecule has 0 atom stereocenters. The van der Waals surface area contributed by atoms with Crippen LogP contribution in [0.1, 0.15) is 22.1 Å². The molecular formula is C22H16N3NaO5. The molecule has 150 valence electrons. The van der Waals surface area contributed by atoms with Crippen LogP contribution < -0.4 is 39.8 Å². The summed E-state index contributed by atoms with van der Waals surface area (Å²) in [6.45, 7) is 0. The monoisotopic (exact) mass is 425 g/mol. The topological polar surface area (TPSA) is 113 Å². The second-order valence-corrected chi connectivity index (χ2v) is 6.32. The van der Waals surface area contributed by atoms with E-state index in [1.807, 2.05) is 0 Å². The molecule has 2 N–H and O–H groups in total. The number of rotatable bonds is 4. The van der Waals surface area contributed by atoms with Crippen molar-refractivity contribution in [1.29, 1.82) is 0 Å². The van der Waals surface area contributed by atoms with E-state index in [1.165, 1.54) is 41.6 Å². The number of fused-ring (bicyclic) bond motifs is 1. The number of hydrogen-bond acceptors (Lipinski definition) is 5. The Kier molecular flexibility index (Phi) is 6.86. The fourth-order valence-electron chi connectivity index (χ4n) is 2.94. The zero-order valence-electron chi connectivity index (χ0n) is 17.5. The first-order chi connectivity index (χ1) is 14.5. The summed E-state index contributed by atoms with van der Waals surface area (Å²) in [5, 5.41) is 11.5. The first-order valence-corrected chi connectivity index (χ1v) is 8.90. The summed E-state index contributed by atoms with van der Waals surface area (Å²) >= 11 is 0. The Hall–Kier alpha value is -3.46. The van der Waals surface area contributed by atoms with Crippen molar-refractivity contribution in [3.63, 3.8) is 0 Å². The number of hydrogen-bond donors (Lipinski definition) is 2. The number of para-hydroxylation sites is 1. The second kappa shape index (κ2) is 9.57. The van der Waals surface area contributed by atoms with Crippen molar-refractivity contribution in [2.45, 2.75) is 0 Å². The van der Waals surface area contributed by atoms with E-state index in [0.29, 0.717) is 22.5 Å². The molecule has 1 heterocycles. The van der Waals surface area contributed by atoms with Gasteiger partial charge in [-0.3, -0.25) is 15.0 Å². The molecule has 0 aliphatic heterocycles. The van der Waals surface area contributed by atoms with Gasteiger partial charge in [-0.25, -0.2) is 14.6 Å². The van der Waals surface area contributed by atoms with Crippen molar-refractivity contribution >= 4 is 40.4 Å². The SMILES string of the molecule is O=C(O)c1ccc(N(C(=O)NC(=O)c2ccc3ncoc3c2)c2ccccc2)cc1.[H-].[Na+]. The minimum absolute atomic E-state index is 0. The van der Waals surface area contributed by atoms with E-state index >= 15 is 0 Å². The van der Waals surface area contributed by atoms with Gasteiger partial charge in [-0.05, 0) is 54.6 Å². The van der Waals surface area contributed by atoms with Crippen LogP contribution in [0, 0.1) is 0 Å². The first-order valence-electron chi connectivity index (χ1n) is 8.90. The molecule has 4 rings (SSSR count). The Bertz CT molecular complexity index is 1250. The molecule has 0 saturated carbocycles. The van der Waals surface area contributed by atoms with Gasteiger partial charge >= 0.3 is 41.6 Å².